The van der Waals surface area contributed by atoms with Crippen molar-refractivity contribution < 1.29 is 0 Å². The fourth-order valence-corrected chi connectivity index (χ4v) is 3.61. The van der Waals surface area contributed by atoms with Gasteiger partial charge in [-0.1, -0.05) is 30.3 Å². The molecule has 4 N–H and O–H groups in total. The molecule has 1 unspecified atom stereocenters. The molecule has 0 aromatic heterocycles. The summed E-state index contributed by atoms with van der Waals surface area (Å²) >= 11 is 10.5. The molecule has 1 fully saturated rings. The van der Waals surface area contributed by atoms with Crippen LogP contribution in [0.3, 0.4) is 0 Å². The minimum atomic E-state index is -0.135. The van der Waals surface area contributed by atoms with Gasteiger partial charge >= 0.3 is 0 Å². The maximum Gasteiger partial charge on any atom is 0.0529 e. The van der Waals surface area contributed by atoms with E-state index in [0.717, 1.165) is 42.9 Å². The lowest BCUT2D eigenvalue weighted by molar-refractivity contribution is 0.152. The minimum absolute atomic E-state index is 0.0504. The summed E-state index contributed by atoms with van der Waals surface area (Å²) in [7, 11) is 0. The molecule has 1 aliphatic rings. The van der Waals surface area contributed by atoms with Crippen LogP contribution in [0.1, 0.15) is 38.2 Å². The Morgan fingerprint density at radius 1 is 1.48 bits per heavy atom. The number of thiol groups is 1. The molecule has 1 aromatic rings. The minimum Gasteiger partial charge on any atom is -0.367 e. The monoisotopic (exact) mass is 353 g/mol. The number of hydrogen-bond acceptors (Lipinski definition) is 4. The lowest BCUT2D eigenvalue weighted by Gasteiger charge is -2.43. The maximum absolute atomic E-state index is 6.28. The van der Waals surface area contributed by atoms with Crippen LogP contribution in [0.2, 0.25) is 5.02 Å². The average Bonchev–Trinajstić information content (AvgIpc) is 2.51. The van der Waals surface area contributed by atoms with Crippen molar-refractivity contribution in [2.75, 3.05) is 5.75 Å². The molecule has 2 rings (SSSR count). The predicted octanol–water partition coefficient (Wildman–Crippen LogP) is 3.57. The predicted molar refractivity (Wildman–Crippen MR) is 103 cm³/mol. The second kappa shape index (κ2) is 7.93. The molecule has 5 heteroatoms. The molecular weight excluding hydrogens is 326 g/mol. The van der Waals surface area contributed by atoms with Gasteiger partial charge in [0.1, 0.15) is 0 Å². The molecule has 1 saturated carbocycles. The lowest BCUT2D eigenvalue weighted by Crippen LogP contribution is -2.48. The molecule has 0 amide bonds. The molecule has 1 aliphatic carbocycles. The Morgan fingerprint density at radius 2 is 2.13 bits per heavy atom. The summed E-state index contributed by atoms with van der Waals surface area (Å²) in [6.07, 6.45) is 4.16. The van der Waals surface area contributed by atoms with Gasteiger partial charge in [0.05, 0.1) is 6.04 Å². The fraction of sp³-hybridized carbons (Fsp3) is 0.556. The fourth-order valence-electron chi connectivity index (χ4n) is 3.19. The van der Waals surface area contributed by atoms with E-state index < -0.39 is 0 Å². The van der Waals surface area contributed by atoms with Crippen molar-refractivity contribution in [3.05, 3.63) is 47.1 Å². The molecule has 1 atom stereocenters. The first-order valence-corrected chi connectivity index (χ1v) is 9.18. The van der Waals surface area contributed by atoms with Gasteiger partial charge in [0.15, 0.2) is 0 Å². The van der Waals surface area contributed by atoms with Crippen LogP contribution in [0.15, 0.2) is 36.5 Å². The van der Waals surface area contributed by atoms with Gasteiger partial charge in [-0.15, -0.1) is 0 Å². The Labute approximate surface area is 150 Å². The van der Waals surface area contributed by atoms with Crippen LogP contribution in [-0.2, 0) is 6.54 Å². The normalized spacial score (nSPS) is 25.9. The smallest absolute Gasteiger partial charge is 0.0529 e. The SMILES string of the molecule is C=C(C(N)CS)N(Cc1cccc(Cl)c1)C1CCC(C)(N)CC1. The highest BCUT2D eigenvalue weighted by molar-refractivity contribution is 7.80. The van der Waals surface area contributed by atoms with E-state index in [4.69, 9.17) is 23.1 Å². The summed E-state index contributed by atoms with van der Waals surface area (Å²) in [5, 5.41) is 0.754. The van der Waals surface area contributed by atoms with Crippen molar-refractivity contribution in [1.29, 1.82) is 0 Å². The first-order valence-electron chi connectivity index (χ1n) is 8.17. The molecule has 128 valence electrons. The summed E-state index contributed by atoms with van der Waals surface area (Å²) in [5.41, 5.74) is 14.5. The van der Waals surface area contributed by atoms with E-state index in [2.05, 4.69) is 37.1 Å². The quantitative estimate of drug-likeness (QED) is 0.685. The van der Waals surface area contributed by atoms with Crippen molar-refractivity contribution in [2.24, 2.45) is 11.5 Å². The van der Waals surface area contributed by atoms with Crippen LogP contribution in [0, 0.1) is 0 Å². The molecular formula is C18H28ClN3S. The van der Waals surface area contributed by atoms with Crippen molar-refractivity contribution in [2.45, 2.75) is 56.8 Å². The average molecular weight is 354 g/mol. The summed E-state index contributed by atoms with van der Waals surface area (Å²) in [5.74, 6) is 0.589. The van der Waals surface area contributed by atoms with E-state index in [1.165, 1.54) is 5.56 Å². The van der Waals surface area contributed by atoms with Crippen LogP contribution in [0.5, 0.6) is 0 Å². The molecule has 0 saturated heterocycles. The van der Waals surface area contributed by atoms with E-state index in [0.29, 0.717) is 11.8 Å². The van der Waals surface area contributed by atoms with Crippen LogP contribution in [0.4, 0.5) is 0 Å². The molecule has 0 bridgehead atoms. The number of hydrogen-bond donors (Lipinski definition) is 3. The van der Waals surface area contributed by atoms with Gasteiger partial charge in [0.2, 0.25) is 0 Å². The number of nitrogens with two attached hydrogens (primary N) is 2. The molecule has 0 aliphatic heterocycles. The molecule has 23 heavy (non-hydrogen) atoms. The first-order chi connectivity index (χ1) is 10.8. The van der Waals surface area contributed by atoms with E-state index in [1.54, 1.807) is 0 Å². The summed E-state index contributed by atoms with van der Waals surface area (Å²) < 4.78 is 0. The van der Waals surface area contributed by atoms with Crippen LogP contribution >= 0.6 is 24.2 Å². The highest BCUT2D eigenvalue weighted by Gasteiger charge is 2.31. The second-order valence-electron chi connectivity index (χ2n) is 6.92. The number of benzene rings is 1. The Kier molecular flexibility index (Phi) is 6.43. The molecule has 0 radical (unpaired) electrons. The topological polar surface area (TPSA) is 55.3 Å². The van der Waals surface area contributed by atoms with Crippen LogP contribution in [-0.4, -0.2) is 28.3 Å². The van der Waals surface area contributed by atoms with Gasteiger partial charge in [-0.2, -0.15) is 12.6 Å². The summed E-state index contributed by atoms with van der Waals surface area (Å²) in [6.45, 7) is 7.15. The van der Waals surface area contributed by atoms with Gasteiger partial charge in [-0.05, 0) is 50.3 Å². The third kappa shape index (κ3) is 5.15. The van der Waals surface area contributed by atoms with Crippen molar-refractivity contribution in [3.8, 4) is 0 Å². The van der Waals surface area contributed by atoms with Gasteiger partial charge < -0.3 is 16.4 Å². The van der Waals surface area contributed by atoms with Crippen molar-refractivity contribution in [3.63, 3.8) is 0 Å². The Balaban J connectivity index is 2.17. The van der Waals surface area contributed by atoms with Crippen LogP contribution < -0.4 is 11.5 Å². The molecule has 1 aromatic carbocycles. The Hall–Kier alpha value is -0.680. The van der Waals surface area contributed by atoms with E-state index in [-0.39, 0.29) is 11.6 Å². The summed E-state index contributed by atoms with van der Waals surface area (Å²) in [6, 6.07) is 8.25. The third-order valence-electron chi connectivity index (χ3n) is 4.77. The maximum atomic E-state index is 6.28. The summed E-state index contributed by atoms with van der Waals surface area (Å²) in [4.78, 5) is 2.34. The molecule has 0 heterocycles. The van der Waals surface area contributed by atoms with Crippen LogP contribution in [0.25, 0.3) is 0 Å². The van der Waals surface area contributed by atoms with Gasteiger partial charge in [0, 0.05) is 34.6 Å². The van der Waals surface area contributed by atoms with E-state index >= 15 is 0 Å². The molecule has 0 spiro atoms. The molecule has 3 nitrogen and oxygen atoms in total. The Bertz CT molecular complexity index is 537. The number of halogens is 1. The zero-order chi connectivity index (χ0) is 17.0. The van der Waals surface area contributed by atoms with Gasteiger partial charge in [-0.25, -0.2) is 0 Å². The zero-order valence-electron chi connectivity index (χ0n) is 13.8. The van der Waals surface area contributed by atoms with Crippen molar-refractivity contribution >= 4 is 24.2 Å². The van der Waals surface area contributed by atoms with E-state index in [9.17, 15) is 0 Å². The third-order valence-corrected chi connectivity index (χ3v) is 5.40. The number of nitrogens with zero attached hydrogens (tertiary/aromatic N) is 1. The van der Waals surface area contributed by atoms with E-state index in [1.807, 2.05) is 18.2 Å². The highest BCUT2D eigenvalue weighted by Crippen LogP contribution is 2.32. The van der Waals surface area contributed by atoms with Gasteiger partial charge in [-0.3, -0.25) is 0 Å². The zero-order valence-corrected chi connectivity index (χ0v) is 15.5. The van der Waals surface area contributed by atoms with Crippen molar-refractivity contribution in [1.82, 2.24) is 4.90 Å². The van der Waals surface area contributed by atoms with Gasteiger partial charge in [0.25, 0.3) is 0 Å². The highest BCUT2D eigenvalue weighted by atomic mass is 35.5. The second-order valence-corrected chi connectivity index (χ2v) is 7.73. The largest absolute Gasteiger partial charge is 0.367 e. The first kappa shape index (κ1) is 18.7. The Morgan fingerprint density at radius 3 is 2.70 bits per heavy atom. The standard InChI is InChI=1S/C18H28ClN3S/c1-13(17(20)12-23)22(11-14-4-3-5-15(19)10-14)16-6-8-18(2,21)9-7-16/h3-5,10,16-17,23H,1,6-9,11-12,20-21H2,2H3. The lowest BCUT2D eigenvalue weighted by atomic mass is 9.80. The number of rotatable bonds is 6.